The molecule has 0 atom stereocenters. The van der Waals surface area contributed by atoms with Crippen LogP contribution in [0.1, 0.15) is 54.5 Å². The lowest BCUT2D eigenvalue weighted by Crippen LogP contribution is -2.33. The second kappa shape index (κ2) is 11.9. The minimum absolute atomic E-state index is 0.127. The summed E-state index contributed by atoms with van der Waals surface area (Å²) in [5.41, 5.74) is 4.29. The molecule has 5 rings (SSSR count). The average Bonchev–Trinajstić information content (AvgIpc) is 3.66. The largest absolute Gasteiger partial charge is 0.493 e. The topological polar surface area (TPSA) is 68.8 Å². The van der Waals surface area contributed by atoms with Crippen LogP contribution in [0.2, 0.25) is 0 Å². The van der Waals surface area contributed by atoms with Crippen molar-refractivity contribution < 1.29 is 13.7 Å². The lowest BCUT2D eigenvalue weighted by atomic mass is 9.90. The summed E-state index contributed by atoms with van der Waals surface area (Å²) < 4.78 is 27.1. The third-order valence-corrected chi connectivity index (χ3v) is 8.11. The molecule has 1 aliphatic heterocycles. The second-order valence-corrected chi connectivity index (χ2v) is 11.7. The van der Waals surface area contributed by atoms with Gasteiger partial charge in [-0.3, -0.25) is 4.90 Å². The summed E-state index contributed by atoms with van der Waals surface area (Å²) in [4.78, 5) is 6.21. The highest BCUT2D eigenvalue weighted by Gasteiger charge is 2.25. The molecule has 1 aliphatic carbocycles. The van der Waals surface area contributed by atoms with Crippen LogP contribution in [0.15, 0.2) is 28.8 Å². The van der Waals surface area contributed by atoms with Gasteiger partial charge in [0.25, 0.3) is 0 Å². The van der Waals surface area contributed by atoms with Gasteiger partial charge >= 0.3 is 0 Å². The van der Waals surface area contributed by atoms with Gasteiger partial charge in [-0.1, -0.05) is 11.2 Å². The molecule has 1 saturated carbocycles. The van der Waals surface area contributed by atoms with E-state index in [-0.39, 0.29) is 5.56 Å². The highest BCUT2D eigenvalue weighted by atomic mass is 19.1. The molecule has 0 amide bonds. The van der Waals surface area contributed by atoms with Crippen molar-refractivity contribution >= 4 is 16.7 Å². The van der Waals surface area contributed by atoms with Crippen molar-refractivity contribution in [1.29, 1.82) is 5.26 Å². The van der Waals surface area contributed by atoms with Gasteiger partial charge < -0.3 is 19.1 Å². The molecule has 39 heavy (non-hydrogen) atoms. The lowest BCUT2D eigenvalue weighted by molar-refractivity contribution is 0.170. The predicted molar refractivity (Wildman–Crippen MR) is 151 cm³/mol. The molecule has 0 bridgehead atoms. The van der Waals surface area contributed by atoms with Gasteiger partial charge in [0, 0.05) is 38.1 Å². The Bertz CT molecular complexity index is 1330. The molecule has 7 nitrogen and oxygen atoms in total. The second-order valence-electron chi connectivity index (χ2n) is 11.7. The highest BCUT2D eigenvalue weighted by molar-refractivity contribution is 5.84. The number of rotatable bonds is 11. The third-order valence-electron chi connectivity index (χ3n) is 8.11. The Balaban J connectivity index is 1.18. The Hall–Kier alpha value is -3.15. The first-order valence-corrected chi connectivity index (χ1v) is 14.1. The van der Waals surface area contributed by atoms with Crippen LogP contribution in [-0.2, 0) is 19.5 Å². The van der Waals surface area contributed by atoms with E-state index in [4.69, 9.17) is 9.26 Å². The minimum atomic E-state index is -0.390. The van der Waals surface area contributed by atoms with Crippen molar-refractivity contribution in [2.75, 3.05) is 52.8 Å². The van der Waals surface area contributed by atoms with Gasteiger partial charge in [0.05, 0.1) is 23.6 Å². The average molecular weight is 534 g/mol. The third kappa shape index (κ3) is 6.37. The molecule has 2 heterocycles. The summed E-state index contributed by atoms with van der Waals surface area (Å²) >= 11 is 0. The number of nitriles is 1. The fourth-order valence-corrected chi connectivity index (χ4v) is 5.59. The molecule has 3 aromatic rings. The fraction of sp³-hybridized carbons (Fsp3) is 0.548. The van der Waals surface area contributed by atoms with E-state index in [2.05, 4.69) is 41.2 Å². The molecule has 0 unspecified atom stereocenters. The molecular formula is C31H40FN5O2. The van der Waals surface area contributed by atoms with Gasteiger partial charge in [0.1, 0.15) is 23.2 Å². The normalized spacial score (nSPS) is 16.6. The van der Waals surface area contributed by atoms with Gasteiger partial charge in [0.2, 0.25) is 0 Å². The number of nitrogens with zero attached hydrogens (tertiary/aromatic N) is 5. The Morgan fingerprint density at radius 2 is 1.85 bits per heavy atom. The number of aryl methyl sites for hydroxylation is 1. The number of benzene rings is 2. The smallest absolute Gasteiger partial charge is 0.175 e. The van der Waals surface area contributed by atoms with Crippen LogP contribution in [0.3, 0.4) is 0 Å². The highest BCUT2D eigenvalue weighted by Crippen LogP contribution is 2.35. The number of hydrogen-bond acceptors (Lipinski definition) is 7. The Morgan fingerprint density at radius 1 is 1.08 bits per heavy atom. The molecule has 0 N–H and O–H groups in total. The first-order chi connectivity index (χ1) is 18.8. The molecule has 2 aromatic carbocycles. The predicted octanol–water partition coefficient (Wildman–Crippen LogP) is 5.60. The first-order valence-electron chi connectivity index (χ1n) is 14.1. The number of hydrogen-bond donors (Lipinski definition) is 0. The summed E-state index contributed by atoms with van der Waals surface area (Å²) in [6, 6.07) is 9.90. The number of piperidine rings is 1. The molecular weight excluding hydrogens is 493 g/mol. The molecule has 208 valence electrons. The van der Waals surface area contributed by atoms with E-state index >= 15 is 4.39 Å². The summed E-state index contributed by atoms with van der Waals surface area (Å²) in [5.74, 6) is 1.82. The van der Waals surface area contributed by atoms with E-state index in [9.17, 15) is 5.26 Å². The van der Waals surface area contributed by atoms with E-state index in [0.29, 0.717) is 29.6 Å². The fourth-order valence-electron chi connectivity index (χ4n) is 5.59. The molecule has 8 heteroatoms. The Kier molecular flexibility index (Phi) is 8.39. The van der Waals surface area contributed by atoms with Crippen LogP contribution in [0.5, 0.6) is 5.75 Å². The summed E-state index contributed by atoms with van der Waals surface area (Å²) in [7, 11) is 7.77. The maximum absolute atomic E-state index is 15.0. The molecule has 2 aliphatic rings. The molecule has 1 saturated heterocycles. The van der Waals surface area contributed by atoms with E-state index in [1.54, 1.807) is 4.90 Å². The number of likely N-dealkylation sites (tertiary alicyclic amines) is 1. The number of halogens is 1. The van der Waals surface area contributed by atoms with Gasteiger partial charge in [-0.05, 0) is 95.7 Å². The summed E-state index contributed by atoms with van der Waals surface area (Å²) in [6.07, 6.45) is 6.61. The summed E-state index contributed by atoms with van der Waals surface area (Å²) in [5, 5.41) is 15.1. The van der Waals surface area contributed by atoms with Crippen molar-refractivity contribution in [1.82, 2.24) is 15.0 Å². The van der Waals surface area contributed by atoms with E-state index in [0.717, 1.165) is 79.9 Å². The van der Waals surface area contributed by atoms with Gasteiger partial charge in [-0.2, -0.15) is 5.26 Å². The molecule has 0 radical (unpaired) electrons. The SMILES string of the molecule is CN(C)Cc1c(OCC2CC2)ccc2c(CCC3CCN(Cc4ccc(N(C)C)c(C#N)c4F)CC3)noc12. The zero-order valence-corrected chi connectivity index (χ0v) is 23.7. The number of anilines is 1. The molecule has 0 spiro atoms. The van der Waals surface area contributed by atoms with E-state index < -0.39 is 5.82 Å². The maximum atomic E-state index is 15.0. The van der Waals surface area contributed by atoms with Crippen molar-refractivity contribution in [3.05, 3.63) is 52.5 Å². The van der Waals surface area contributed by atoms with Crippen molar-refractivity contribution in [3.63, 3.8) is 0 Å². The summed E-state index contributed by atoms with van der Waals surface area (Å²) in [6.45, 7) is 3.91. The van der Waals surface area contributed by atoms with Gasteiger partial charge in [0.15, 0.2) is 5.58 Å². The lowest BCUT2D eigenvalue weighted by Gasteiger charge is -2.32. The number of aromatic nitrogens is 1. The van der Waals surface area contributed by atoms with Crippen molar-refractivity contribution in [2.24, 2.45) is 11.8 Å². The van der Waals surface area contributed by atoms with Gasteiger partial charge in [-0.25, -0.2) is 4.39 Å². The van der Waals surface area contributed by atoms with Crippen LogP contribution in [0.4, 0.5) is 10.1 Å². The monoisotopic (exact) mass is 533 g/mol. The number of fused-ring (bicyclic) bond motifs is 1. The van der Waals surface area contributed by atoms with Crippen LogP contribution < -0.4 is 9.64 Å². The zero-order chi connectivity index (χ0) is 27.5. The minimum Gasteiger partial charge on any atom is -0.493 e. The molecule has 1 aromatic heterocycles. The zero-order valence-electron chi connectivity index (χ0n) is 23.7. The number of ether oxygens (including phenoxy) is 1. The van der Waals surface area contributed by atoms with E-state index in [1.165, 1.54) is 12.8 Å². The van der Waals surface area contributed by atoms with Crippen LogP contribution in [-0.4, -0.2) is 62.8 Å². The van der Waals surface area contributed by atoms with Crippen molar-refractivity contribution in [2.45, 2.75) is 51.6 Å². The van der Waals surface area contributed by atoms with Gasteiger partial charge in [-0.15, -0.1) is 0 Å². The molecule has 2 fully saturated rings. The van der Waals surface area contributed by atoms with Crippen LogP contribution in [0, 0.1) is 29.0 Å². The Labute approximate surface area is 231 Å². The van der Waals surface area contributed by atoms with E-state index in [1.807, 2.05) is 32.3 Å². The maximum Gasteiger partial charge on any atom is 0.175 e. The quantitative estimate of drug-likeness (QED) is 0.318. The standard InChI is InChI=1S/C31H40FN5O2/c1-35(2)19-26-29(38-20-22-5-6-22)12-9-24-27(34-39-31(24)26)10-7-21-13-15-37(16-14-21)18-23-8-11-28(36(3)4)25(17-33)30(23)32/h8-9,11-12,21-22H,5-7,10,13-16,18-20H2,1-4H3. The Morgan fingerprint density at radius 3 is 2.51 bits per heavy atom. The first kappa shape index (κ1) is 27.4. The van der Waals surface area contributed by atoms with Crippen LogP contribution >= 0.6 is 0 Å². The van der Waals surface area contributed by atoms with Crippen molar-refractivity contribution in [3.8, 4) is 11.8 Å². The van der Waals surface area contributed by atoms with Crippen LogP contribution in [0.25, 0.3) is 11.0 Å².